The number of rotatable bonds is 4. The maximum atomic E-state index is 11.4. The normalized spacial score (nSPS) is 18.2. The van der Waals surface area contributed by atoms with E-state index in [4.69, 9.17) is 5.73 Å². The zero-order chi connectivity index (χ0) is 10.9. The largest absolute Gasteiger partial charge is 0.338 e. The minimum Gasteiger partial charge on any atom is -0.338 e. The van der Waals surface area contributed by atoms with Crippen molar-refractivity contribution in [1.82, 2.24) is 10.6 Å². The van der Waals surface area contributed by atoms with Crippen LogP contribution < -0.4 is 16.4 Å². The summed E-state index contributed by atoms with van der Waals surface area (Å²) in [4.78, 5) is 11.4. The highest BCUT2D eigenvalue weighted by Crippen LogP contribution is 2.16. The van der Waals surface area contributed by atoms with Crippen LogP contribution in [0.3, 0.4) is 0 Å². The Balaban J connectivity index is 2.12. The minimum atomic E-state index is -0.0321. The van der Waals surface area contributed by atoms with E-state index in [9.17, 15) is 4.79 Å². The highest BCUT2D eigenvalue weighted by Gasteiger charge is 2.13. The molecule has 0 radical (unpaired) electrons. The summed E-state index contributed by atoms with van der Waals surface area (Å²) in [5.41, 5.74) is 5.35. The van der Waals surface area contributed by atoms with Gasteiger partial charge in [-0.15, -0.1) is 0 Å². The van der Waals surface area contributed by atoms with Crippen LogP contribution in [0.2, 0.25) is 0 Å². The number of amides is 2. The zero-order valence-electron chi connectivity index (χ0n) is 9.43. The Kier molecular flexibility index (Phi) is 6.16. The molecule has 0 aliphatic heterocycles. The quantitative estimate of drug-likeness (QED) is 0.487. The van der Waals surface area contributed by atoms with Gasteiger partial charge in [0.2, 0.25) is 0 Å². The summed E-state index contributed by atoms with van der Waals surface area (Å²) in [5.74, 6) is 0. The molecular formula is C11H23N3O. The molecule has 88 valence electrons. The van der Waals surface area contributed by atoms with Crippen LogP contribution in [0.25, 0.3) is 0 Å². The zero-order valence-corrected chi connectivity index (χ0v) is 9.43. The fourth-order valence-electron chi connectivity index (χ4n) is 1.96. The topological polar surface area (TPSA) is 67.1 Å². The Labute approximate surface area is 92.0 Å². The van der Waals surface area contributed by atoms with Crippen molar-refractivity contribution in [2.75, 3.05) is 13.1 Å². The Morgan fingerprint density at radius 3 is 2.47 bits per heavy atom. The summed E-state index contributed by atoms with van der Waals surface area (Å²) >= 11 is 0. The van der Waals surface area contributed by atoms with Gasteiger partial charge < -0.3 is 16.4 Å². The van der Waals surface area contributed by atoms with Gasteiger partial charge in [0, 0.05) is 12.6 Å². The SMILES string of the molecule is NCCCNC(=O)NC1CCCCCC1. The van der Waals surface area contributed by atoms with Gasteiger partial charge >= 0.3 is 6.03 Å². The first kappa shape index (κ1) is 12.3. The summed E-state index contributed by atoms with van der Waals surface area (Å²) in [6, 6.07) is 0.348. The summed E-state index contributed by atoms with van der Waals surface area (Å²) in [7, 11) is 0. The van der Waals surface area contributed by atoms with E-state index in [0.717, 1.165) is 19.3 Å². The average Bonchev–Trinajstić information content (AvgIpc) is 2.47. The van der Waals surface area contributed by atoms with Crippen LogP contribution in [-0.2, 0) is 0 Å². The molecule has 0 bridgehead atoms. The Morgan fingerprint density at radius 2 is 1.87 bits per heavy atom. The van der Waals surface area contributed by atoms with Crippen molar-refractivity contribution in [3.63, 3.8) is 0 Å². The van der Waals surface area contributed by atoms with E-state index in [-0.39, 0.29) is 6.03 Å². The first-order valence-corrected chi connectivity index (χ1v) is 6.07. The van der Waals surface area contributed by atoms with E-state index in [0.29, 0.717) is 19.1 Å². The van der Waals surface area contributed by atoms with Crippen LogP contribution in [0.4, 0.5) is 4.79 Å². The van der Waals surface area contributed by atoms with Crippen molar-refractivity contribution in [3.8, 4) is 0 Å². The molecule has 15 heavy (non-hydrogen) atoms. The molecule has 1 saturated carbocycles. The van der Waals surface area contributed by atoms with E-state index in [1.807, 2.05) is 0 Å². The smallest absolute Gasteiger partial charge is 0.315 e. The summed E-state index contributed by atoms with van der Waals surface area (Å²) in [6.07, 6.45) is 8.22. The fraction of sp³-hybridized carbons (Fsp3) is 0.909. The molecule has 0 atom stereocenters. The van der Waals surface area contributed by atoms with Crippen LogP contribution in [0.5, 0.6) is 0 Å². The molecule has 0 aromatic rings. The van der Waals surface area contributed by atoms with Crippen LogP contribution in [0.1, 0.15) is 44.9 Å². The molecule has 4 nitrogen and oxygen atoms in total. The molecule has 4 N–H and O–H groups in total. The van der Waals surface area contributed by atoms with E-state index in [2.05, 4.69) is 10.6 Å². The van der Waals surface area contributed by atoms with Gasteiger partial charge in [0.1, 0.15) is 0 Å². The van der Waals surface area contributed by atoms with Crippen LogP contribution >= 0.6 is 0 Å². The van der Waals surface area contributed by atoms with Gasteiger partial charge in [0.05, 0.1) is 0 Å². The lowest BCUT2D eigenvalue weighted by atomic mass is 10.1. The fourth-order valence-corrected chi connectivity index (χ4v) is 1.96. The molecule has 4 heteroatoms. The standard InChI is InChI=1S/C11H23N3O/c12-8-5-9-13-11(15)14-10-6-3-1-2-4-7-10/h10H,1-9,12H2,(H2,13,14,15). The van der Waals surface area contributed by atoms with Crippen LogP contribution in [-0.4, -0.2) is 25.2 Å². The highest BCUT2D eigenvalue weighted by atomic mass is 16.2. The Morgan fingerprint density at radius 1 is 1.20 bits per heavy atom. The van der Waals surface area contributed by atoms with Gasteiger partial charge in [0.25, 0.3) is 0 Å². The van der Waals surface area contributed by atoms with Gasteiger partial charge in [-0.2, -0.15) is 0 Å². The van der Waals surface area contributed by atoms with E-state index in [1.54, 1.807) is 0 Å². The number of urea groups is 1. The van der Waals surface area contributed by atoms with Crippen molar-refractivity contribution >= 4 is 6.03 Å². The van der Waals surface area contributed by atoms with E-state index >= 15 is 0 Å². The number of carbonyl (C=O) groups is 1. The van der Waals surface area contributed by atoms with E-state index in [1.165, 1.54) is 25.7 Å². The summed E-state index contributed by atoms with van der Waals surface area (Å²) in [5, 5.41) is 5.85. The van der Waals surface area contributed by atoms with Gasteiger partial charge in [-0.05, 0) is 25.8 Å². The van der Waals surface area contributed by atoms with Crippen molar-refractivity contribution in [2.24, 2.45) is 5.73 Å². The van der Waals surface area contributed by atoms with Crippen LogP contribution in [0.15, 0.2) is 0 Å². The molecule has 1 aliphatic rings. The Bertz CT molecular complexity index is 177. The molecule has 1 rings (SSSR count). The highest BCUT2D eigenvalue weighted by molar-refractivity contribution is 5.74. The number of carbonyl (C=O) groups excluding carboxylic acids is 1. The third kappa shape index (κ3) is 5.62. The first-order valence-electron chi connectivity index (χ1n) is 6.07. The molecule has 0 heterocycles. The number of hydrogen-bond donors (Lipinski definition) is 3. The Hall–Kier alpha value is -0.770. The monoisotopic (exact) mass is 213 g/mol. The van der Waals surface area contributed by atoms with Crippen molar-refractivity contribution in [2.45, 2.75) is 51.0 Å². The maximum absolute atomic E-state index is 11.4. The molecule has 0 aromatic carbocycles. The molecule has 0 unspecified atom stereocenters. The van der Waals surface area contributed by atoms with Crippen molar-refractivity contribution in [1.29, 1.82) is 0 Å². The van der Waals surface area contributed by atoms with Gasteiger partial charge in [0.15, 0.2) is 0 Å². The lowest BCUT2D eigenvalue weighted by Crippen LogP contribution is -2.42. The molecule has 0 spiro atoms. The molecule has 1 fully saturated rings. The number of hydrogen-bond acceptors (Lipinski definition) is 2. The molecule has 0 saturated heterocycles. The van der Waals surface area contributed by atoms with Crippen molar-refractivity contribution in [3.05, 3.63) is 0 Å². The summed E-state index contributed by atoms with van der Waals surface area (Å²) < 4.78 is 0. The second-order valence-electron chi connectivity index (χ2n) is 4.23. The van der Waals surface area contributed by atoms with Crippen LogP contribution in [0, 0.1) is 0 Å². The second kappa shape index (κ2) is 7.51. The average molecular weight is 213 g/mol. The third-order valence-corrected chi connectivity index (χ3v) is 2.86. The van der Waals surface area contributed by atoms with Gasteiger partial charge in [-0.1, -0.05) is 25.7 Å². The lowest BCUT2D eigenvalue weighted by molar-refractivity contribution is 0.235. The van der Waals surface area contributed by atoms with Crippen molar-refractivity contribution < 1.29 is 4.79 Å². The van der Waals surface area contributed by atoms with E-state index < -0.39 is 0 Å². The van der Waals surface area contributed by atoms with Gasteiger partial charge in [-0.25, -0.2) is 4.79 Å². The third-order valence-electron chi connectivity index (χ3n) is 2.86. The lowest BCUT2D eigenvalue weighted by Gasteiger charge is -2.16. The molecule has 2 amide bonds. The predicted molar refractivity (Wildman–Crippen MR) is 61.7 cm³/mol. The first-order chi connectivity index (χ1) is 7.33. The van der Waals surface area contributed by atoms with Gasteiger partial charge in [-0.3, -0.25) is 0 Å². The molecule has 1 aliphatic carbocycles. The molecule has 0 aromatic heterocycles. The predicted octanol–water partition coefficient (Wildman–Crippen LogP) is 1.36. The second-order valence-corrected chi connectivity index (χ2v) is 4.23. The summed E-state index contributed by atoms with van der Waals surface area (Å²) in [6.45, 7) is 1.30. The number of nitrogens with one attached hydrogen (secondary N) is 2. The maximum Gasteiger partial charge on any atom is 0.315 e. The molecular weight excluding hydrogens is 190 g/mol. The number of nitrogens with two attached hydrogens (primary N) is 1. The minimum absolute atomic E-state index is 0.0321.